The fraction of sp³-hybridized carbons (Fsp3) is 1.00. The van der Waals surface area contributed by atoms with E-state index in [-0.39, 0.29) is 0 Å². The first kappa shape index (κ1) is 16.9. The summed E-state index contributed by atoms with van der Waals surface area (Å²) < 4.78 is 0. The van der Waals surface area contributed by atoms with Gasteiger partial charge in [-0.25, -0.2) is 0 Å². The zero-order valence-corrected chi connectivity index (χ0v) is 13.6. The van der Waals surface area contributed by atoms with Gasteiger partial charge >= 0.3 is 0 Å². The Balaban J connectivity index is 2.06. The summed E-state index contributed by atoms with van der Waals surface area (Å²) in [6, 6.07) is 0.774. The summed E-state index contributed by atoms with van der Waals surface area (Å²) in [7, 11) is 2.22. The maximum atomic E-state index is 3.52. The molecule has 1 N–H and O–H groups in total. The van der Waals surface area contributed by atoms with E-state index in [0.717, 1.165) is 12.0 Å². The molecule has 0 spiro atoms. The molecule has 0 saturated carbocycles. The summed E-state index contributed by atoms with van der Waals surface area (Å²) in [5.41, 5.74) is 0. The van der Waals surface area contributed by atoms with Crippen molar-refractivity contribution in [2.24, 2.45) is 5.92 Å². The standard InChI is InChI=1S/C16H35N3/c1-5-18(4)11-9-7-8-10-12-19(6-2)16-14-17-13-15(16)3/h15-17H,5-14H2,1-4H3/t15-,16+/m1/s1. The molecule has 114 valence electrons. The van der Waals surface area contributed by atoms with Crippen LogP contribution in [0.2, 0.25) is 0 Å². The van der Waals surface area contributed by atoms with Crippen molar-refractivity contribution in [2.75, 3.05) is 46.3 Å². The van der Waals surface area contributed by atoms with Gasteiger partial charge < -0.3 is 10.2 Å². The lowest BCUT2D eigenvalue weighted by Crippen LogP contribution is -2.40. The SMILES string of the molecule is CCN(C)CCCCCCN(CC)[C@H]1CNC[C@H]1C. The molecule has 1 saturated heterocycles. The summed E-state index contributed by atoms with van der Waals surface area (Å²) >= 11 is 0. The van der Waals surface area contributed by atoms with Crippen molar-refractivity contribution in [3.8, 4) is 0 Å². The Kier molecular flexibility index (Phi) is 8.67. The van der Waals surface area contributed by atoms with Gasteiger partial charge in [0.25, 0.3) is 0 Å². The van der Waals surface area contributed by atoms with E-state index in [2.05, 4.69) is 42.9 Å². The number of hydrogen-bond acceptors (Lipinski definition) is 3. The van der Waals surface area contributed by atoms with Crippen molar-refractivity contribution in [1.82, 2.24) is 15.1 Å². The van der Waals surface area contributed by atoms with E-state index >= 15 is 0 Å². The molecule has 0 amide bonds. The van der Waals surface area contributed by atoms with Gasteiger partial charge in [0.2, 0.25) is 0 Å². The van der Waals surface area contributed by atoms with Crippen LogP contribution in [0.5, 0.6) is 0 Å². The van der Waals surface area contributed by atoms with E-state index in [1.807, 2.05) is 0 Å². The lowest BCUT2D eigenvalue weighted by molar-refractivity contribution is 0.183. The number of nitrogens with zero attached hydrogens (tertiary/aromatic N) is 2. The van der Waals surface area contributed by atoms with Crippen LogP contribution in [0, 0.1) is 5.92 Å². The van der Waals surface area contributed by atoms with E-state index in [1.165, 1.54) is 65.0 Å². The zero-order valence-electron chi connectivity index (χ0n) is 13.6. The van der Waals surface area contributed by atoms with Gasteiger partial charge in [0.1, 0.15) is 0 Å². The van der Waals surface area contributed by atoms with Crippen molar-refractivity contribution in [3.63, 3.8) is 0 Å². The van der Waals surface area contributed by atoms with Crippen molar-refractivity contribution < 1.29 is 0 Å². The number of hydrogen-bond donors (Lipinski definition) is 1. The van der Waals surface area contributed by atoms with Gasteiger partial charge in [-0.2, -0.15) is 0 Å². The lowest BCUT2D eigenvalue weighted by atomic mass is 10.0. The second kappa shape index (κ2) is 9.73. The Morgan fingerprint density at radius 3 is 2.16 bits per heavy atom. The minimum absolute atomic E-state index is 0.774. The highest BCUT2D eigenvalue weighted by Crippen LogP contribution is 2.16. The van der Waals surface area contributed by atoms with Crippen molar-refractivity contribution in [3.05, 3.63) is 0 Å². The molecular weight excluding hydrogens is 234 g/mol. The Bertz CT molecular complexity index is 220. The molecule has 1 rings (SSSR count). The average molecular weight is 269 g/mol. The van der Waals surface area contributed by atoms with Crippen LogP contribution in [0.4, 0.5) is 0 Å². The van der Waals surface area contributed by atoms with Gasteiger partial charge in [0, 0.05) is 12.6 Å². The Morgan fingerprint density at radius 2 is 1.63 bits per heavy atom. The van der Waals surface area contributed by atoms with Crippen LogP contribution in [-0.4, -0.2) is 62.2 Å². The first-order chi connectivity index (χ1) is 9.19. The fourth-order valence-electron chi connectivity index (χ4n) is 3.05. The maximum absolute atomic E-state index is 3.52. The molecular formula is C16H35N3. The predicted octanol–water partition coefficient (Wildman–Crippen LogP) is 2.43. The minimum atomic E-state index is 0.774. The first-order valence-corrected chi connectivity index (χ1v) is 8.32. The molecule has 2 atom stereocenters. The van der Waals surface area contributed by atoms with E-state index in [4.69, 9.17) is 0 Å². The molecule has 0 aromatic heterocycles. The molecule has 3 nitrogen and oxygen atoms in total. The largest absolute Gasteiger partial charge is 0.315 e. The third kappa shape index (κ3) is 6.24. The lowest BCUT2D eigenvalue weighted by Gasteiger charge is -2.30. The highest BCUT2D eigenvalue weighted by atomic mass is 15.2. The third-order valence-corrected chi connectivity index (χ3v) is 4.63. The zero-order chi connectivity index (χ0) is 14.1. The first-order valence-electron chi connectivity index (χ1n) is 8.32. The quantitative estimate of drug-likeness (QED) is 0.615. The summed E-state index contributed by atoms with van der Waals surface area (Å²) in [4.78, 5) is 5.09. The summed E-state index contributed by atoms with van der Waals surface area (Å²) in [5, 5.41) is 3.52. The molecule has 0 aromatic carbocycles. The predicted molar refractivity (Wildman–Crippen MR) is 84.7 cm³/mol. The number of likely N-dealkylation sites (N-methyl/N-ethyl adjacent to an activating group) is 1. The van der Waals surface area contributed by atoms with Crippen LogP contribution in [0.15, 0.2) is 0 Å². The highest BCUT2D eigenvalue weighted by Gasteiger charge is 2.27. The van der Waals surface area contributed by atoms with Gasteiger partial charge in [-0.3, -0.25) is 4.90 Å². The van der Waals surface area contributed by atoms with Crippen LogP contribution in [0.25, 0.3) is 0 Å². The van der Waals surface area contributed by atoms with E-state index in [9.17, 15) is 0 Å². The number of rotatable bonds is 10. The second-order valence-electron chi connectivity index (χ2n) is 6.14. The third-order valence-electron chi connectivity index (χ3n) is 4.63. The summed E-state index contributed by atoms with van der Waals surface area (Å²) in [6.07, 6.45) is 5.51. The molecule has 0 aliphatic carbocycles. The number of nitrogens with one attached hydrogen (secondary N) is 1. The minimum Gasteiger partial charge on any atom is -0.315 e. The molecule has 19 heavy (non-hydrogen) atoms. The molecule has 0 aromatic rings. The van der Waals surface area contributed by atoms with Gasteiger partial charge in [-0.05, 0) is 58.5 Å². The van der Waals surface area contributed by atoms with Gasteiger partial charge in [0.15, 0.2) is 0 Å². The van der Waals surface area contributed by atoms with E-state index in [0.29, 0.717) is 0 Å². The van der Waals surface area contributed by atoms with Crippen LogP contribution < -0.4 is 5.32 Å². The normalized spacial score (nSPS) is 23.7. The molecule has 1 heterocycles. The Hall–Kier alpha value is -0.120. The van der Waals surface area contributed by atoms with Crippen LogP contribution in [0.1, 0.15) is 46.5 Å². The van der Waals surface area contributed by atoms with E-state index < -0.39 is 0 Å². The van der Waals surface area contributed by atoms with Gasteiger partial charge in [0.05, 0.1) is 0 Å². The Morgan fingerprint density at radius 1 is 0.947 bits per heavy atom. The van der Waals surface area contributed by atoms with Crippen molar-refractivity contribution >= 4 is 0 Å². The topological polar surface area (TPSA) is 18.5 Å². The molecule has 0 unspecified atom stereocenters. The molecule has 3 heteroatoms. The molecule has 0 bridgehead atoms. The molecule has 1 aliphatic heterocycles. The van der Waals surface area contributed by atoms with E-state index in [1.54, 1.807) is 0 Å². The van der Waals surface area contributed by atoms with Crippen LogP contribution in [0.3, 0.4) is 0 Å². The number of unbranched alkanes of at least 4 members (excludes halogenated alkanes) is 3. The van der Waals surface area contributed by atoms with Crippen molar-refractivity contribution in [1.29, 1.82) is 0 Å². The Labute approximate surface area is 120 Å². The maximum Gasteiger partial charge on any atom is 0.0258 e. The fourth-order valence-corrected chi connectivity index (χ4v) is 3.05. The highest BCUT2D eigenvalue weighted by molar-refractivity contribution is 4.85. The second-order valence-corrected chi connectivity index (χ2v) is 6.14. The van der Waals surface area contributed by atoms with Crippen molar-refractivity contribution in [2.45, 2.75) is 52.5 Å². The average Bonchev–Trinajstić information content (AvgIpc) is 2.84. The molecule has 0 radical (unpaired) electrons. The van der Waals surface area contributed by atoms with Gasteiger partial charge in [-0.1, -0.05) is 33.6 Å². The van der Waals surface area contributed by atoms with Crippen LogP contribution >= 0.6 is 0 Å². The summed E-state index contributed by atoms with van der Waals surface area (Å²) in [6.45, 7) is 14.2. The smallest absolute Gasteiger partial charge is 0.0258 e. The monoisotopic (exact) mass is 269 g/mol. The summed E-state index contributed by atoms with van der Waals surface area (Å²) in [5.74, 6) is 0.818. The molecule has 1 fully saturated rings. The molecule has 1 aliphatic rings. The van der Waals surface area contributed by atoms with Gasteiger partial charge in [-0.15, -0.1) is 0 Å². The van der Waals surface area contributed by atoms with Crippen LogP contribution in [-0.2, 0) is 0 Å².